The van der Waals surface area contributed by atoms with Crippen molar-refractivity contribution in [3.63, 3.8) is 0 Å². The third kappa shape index (κ3) is 4.12. The van der Waals surface area contributed by atoms with Gasteiger partial charge in [-0.2, -0.15) is 0 Å². The fraction of sp³-hybridized carbons (Fsp3) is 0.471. The molecule has 1 atom stereocenters. The van der Waals surface area contributed by atoms with E-state index in [1.807, 2.05) is 18.2 Å². The first kappa shape index (κ1) is 20.1. The van der Waals surface area contributed by atoms with Gasteiger partial charge in [0.05, 0.1) is 17.7 Å². The number of rotatable bonds is 6. The molecule has 2 N–H and O–H groups in total. The van der Waals surface area contributed by atoms with E-state index in [4.69, 9.17) is 4.74 Å². The maximum atomic E-state index is 13.0. The lowest BCUT2D eigenvalue weighted by atomic mass is 9.99. The lowest BCUT2D eigenvalue weighted by Crippen LogP contribution is -2.52. The van der Waals surface area contributed by atoms with Crippen molar-refractivity contribution >= 4 is 33.3 Å². The van der Waals surface area contributed by atoms with Gasteiger partial charge in [0.15, 0.2) is 0 Å². The Hall–Kier alpha value is -1.25. The molecule has 1 aromatic heterocycles. The summed E-state index contributed by atoms with van der Waals surface area (Å²) in [5.74, 6) is 0. The zero-order valence-corrected chi connectivity index (χ0v) is 16.0. The quantitative estimate of drug-likeness (QED) is 0.795. The molecule has 1 aliphatic rings. The number of nitrogens with one attached hydrogen (secondary N) is 2. The van der Waals surface area contributed by atoms with Crippen LogP contribution in [0.2, 0.25) is 0 Å². The Morgan fingerprint density at radius 1 is 1.36 bits per heavy atom. The summed E-state index contributed by atoms with van der Waals surface area (Å²) in [5, 5.41) is 4.19. The normalized spacial score (nSPS) is 20.6. The zero-order valence-electron chi connectivity index (χ0n) is 14.4. The van der Waals surface area contributed by atoms with Gasteiger partial charge < -0.3 is 10.1 Å². The molecular formula is C17H24ClN3O3S. The van der Waals surface area contributed by atoms with Crippen molar-refractivity contribution in [2.75, 3.05) is 26.8 Å². The molecule has 0 amide bonds. The van der Waals surface area contributed by atoms with Crippen LogP contribution in [0.1, 0.15) is 18.4 Å². The van der Waals surface area contributed by atoms with Gasteiger partial charge in [-0.05, 0) is 37.9 Å². The third-order valence-corrected chi connectivity index (χ3v) is 6.12. The molecule has 2 heterocycles. The van der Waals surface area contributed by atoms with E-state index in [0.717, 1.165) is 24.8 Å². The van der Waals surface area contributed by atoms with Crippen LogP contribution in [0.25, 0.3) is 10.9 Å². The van der Waals surface area contributed by atoms with Crippen molar-refractivity contribution in [2.45, 2.75) is 30.2 Å². The summed E-state index contributed by atoms with van der Waals surface area (Å²) in [7, 11) is -2.04. The summed E-state index contributed by atoms with van der Waals surface area (Å²) in [6, 6.07) is 7.38. The molecule has 1 saturated heterocycles. The van der Waals surface area contributed by atoms with Crippen molar-refractivity contribution in [1.29, 1.82) is 0 Å². The Bertz CT molecular complexity index is 836. The lowest BCUT2D eigenvalue weighted by Gasteiger charge is -2.29. The smallest absolute Gasteiger partial charge is 0.243 e. The number of aryl methyl sites for hydroxylation is 1. The number of aromatic nitrogens is 1. The number of hydrogen-bond acceptors (Lipinski definition) is 5. The maximum absolute atomic E-state index is 13.0. The topological polar surface area (TPSA) is 80.3 Å². The van der Waals surface area contributed by atoms with Crippen LogP contribution in [-0.2, 0) is 14.8 Å². The highest BCUT2D eigenvalue weighted by Crippen LogP contribution is 2.25. The van der Waals surface area contributed by atoms with Crippen molar-refractivity contribution in [3.8, 4) is 0 Å². The van der Waals surface area contributed by atoms with Crippen molar-refractivity contribution in [2.24, 2.45) is 0 Å². The number of methoxy groups -OCH3 is 1. The van der Waals surface area contributed by atoms with Gasteiger partial charge in [0.25, 0.3) is 0 Å². The second-order valence-corrected chi connectivity index (χ2v) is 8.06. The molecule has 1 aromatic carbocycles. The second kappa shape index (κ2) is 7.97. The largest absolute Gasteiger partial charge is 0.383 e. The molecule has 1 aliphatic heterocycles. The highest BCUT2D eigenvalue weighted by Gasteiger charge is 2.35. The molecule has 2 aromatic rings. The lowest BCUT2D eigenvalue weighted by molar-refractivity contribution is 0.122. The van der Waals surface area contributed by atoms with Crippen LogP contribution in [0.3, 0.4) is 0 Å². The summed E-state index contributed by atoms with van der Waals surface area (Å²) < 4.78 is 34.0. The number of fused-ring (bicyclic) bond motifs is 1. The summed E-state index contributed by atoms with van der Waals surface area (Å²) in [6.45, 7) is 3.44. The van der Waals surface area contributed by atoms with Gasteiger partial charge in [-0.1, -0.05) is 18.2 Å². The van der Waals surface area contributed by atoms with Crippen LogP contribution < -0.4 is 10.0 Å². The first-order valence-corrected chi connectivity index (χ1v) is 9.54. The number of ether oxygens (including phenoxy) is 1. The molecule has 1 unspecified atom stereocenters. The Balaban J connectivity index is 0.00000225. The standard InChI is InChI=1S/C17H23N3O3S.ClH/c1-13-6-7-14-5-3-9-18-15(14)16(13)24(21,22)20-11-17(12-23-2)8-4-10-19-17;/h3,5-7,9,19-20H,4,8,10-12H2,1-2H3;1H. The van der Waals surface area contributed by atoms with E-state index in [2.05, 4.69) is 15.0 Å². The molecule has 138 valence electrons. The molecule has 0 radical (unpaired) electrons. The summed E-state index contributed by atoms with van der Waals surface area (Å²) in [5.41, 5.74) is 0.854. The Morgan fingerprint density at radius 2 is 2.16 bits per heavy atom. The molecule has 0 aliphatic carbocycles. The van der Waals surface area contributed by atoms with Gasteiger partial charge in [0, 0.05) is 25.2 Å². The van der Waals surface area contributed by atoms with E-state index in [0.29, 0.717) is 24.2 Å². The first-order chi connectivity index (χ1) is 11.5. The minimum absolute atomic E-state index is 0. The highest BCUT2D eigenvalue weighted by atomic mass is 35.5. The van der Waals surface area contributed by atoms with E-state index >= 15 is 0 Å². The number of hydrogen-bond donors (Lipinski definition) is 2. The third-order valence-electron chi connectivity index (χ3n) is 4.55. The van der Waals surface area contributed by atoms with E-state index in [1.54, 1.807) is 26.3 Å². The van der Waals surface area contributed by atoms with E-state index in [-0.39, 0.29) is 22.8 Å². The van der Waals surface area contributed by atoms with E-state index < -0.39 is 10.0 Å². The van der Waals surface area contributed by atoms with Crippen LogP contribution in [-0.4, -0.2) is 45.7 Å². The van der Waals surface area contributed by atoms with Crippen molar-refractivity contribution < 1.29 is 13.2 Å². The number of benzene rings is 1. The molecule has 0 spiro atoms. The van der Waals surface area contributed by atoms with Gasteiger partial charge in [0.2, 0.25) is 10.0 Å². The predicted molar refractivity (Wildman–Crippen MR) is 101 cm³/mol. The summed E-state index contributed by atoms with van der Waals surface area (Å²) in [4.78, 5) is 4.54. The fourth-order valence-corrected chi connectivity index (χ4v) is 4.86. The van der Waals surface area contributed by atoms with E-state index in [9.17, 15) is 8.42 Å². The highest BCUT2D eigenvalue weighted by molar-refractivity contribution is 7.89. The first-order valence-electron chi connectivity index (χ1n) is 8.05. The average molecular weight is 386 g/mol. The number of halogens is 1. The van der Waals surface area contributed by atoms with Crippen LogP contribution in [0, 0.1) is 6.92 Å². The van der Waals surface area contributed by atoms with Gasteiger partial charge in [-0.15, -0.1) is 12.4 Å². The van der Waals surface area contributed by atoms with E-state index in [1.165, 1.54) is 0 Å². The van der Waals surface area contributed by atoms with Crippen LogP contribution in [0.4, 0.5) is 0 Å². The summed E-state index contributed by atoms with van der Waals surface area (Å²) in [6.07, 6.45) is 3.52. The molecule has 8 heteroatoms. The van der Waals surface area contributed by atoms with Crippen LogP contribution >= 0.6 is 12.4 Å². The van der Waals surface area contributed by atoms with Crippen molar-refractivity contribution in [1.82, 2.24) is 15.0 Å². The maximum Gasteiger partial charge on any atom is 0.243 e. The number of nitrogens with zero attached hydrogens (tertiary/aromatic N) is 1. The molecule has 1 fully saturated rings. The second-order valence-electron chi connectivity index (χ2n) is 6.35. The predicted octanol–water partition coefficient (Wildman–Crippen LogP) is 2.01. The Labute approximate surface area is 154 Å². The minimum Gasteiger partial charge on any atom is -0.383 e. The number of pyridine rings is 1. The average Bonchev–Trinajstić information content (AvgIpc) is 3.02. The molecule has 3 rings (SSSR count). The van der Waals surface area contributed by atoms with Gasteiger partial charge in [0.1, 0.15) is 4.90 Å². The SMILES string of the molecule is COCC1(CNS(=O)(=O)c2c(C)ccc3cccnc23)CCCN1.Cl. The Kier molecular flexibility index (Phi) is 6.40. The molecule has 25 heavy (non-hydrogen) atoms. The van der Waals surface area contributed by atoms with Crippen LogP contribution in [0.5, 0.6) is 0 Å². The molecule has 6 nitrogen and oxygen atoms in total. The fourth-order valence-electron chi connectivity index (χ4n) is 3.33. The monoisotopic (exact) mass is 385 g/mol. The van der Waals surface area contributed by atoms with Gasteiger partial charge in [-0.3, -0.25) is 4.98 Å². The van der Waals surface area contributed by atoms with Gasteiger partial charge >= 0.3 is 0 Å². The van der Waals surface area contributed by atoms with Gasteiger partial charge in [-0.25, -0.2) is 13.1 Å². The Morgan fingerprint density at radius 3 is 2.84 bits per heavy atom. The number of sulfonamides is 1. The molecule has 0 bridgehead atoms. The summed E-state index contributed by atoms with van der Waals surface area (Å²) >= 11 is 0. The zero-order chi connectivity index (χ0) is 17.2. The van der Waals surface area contributed by atoms with Crippen molar-refractivity contribution in [3.05, 3.63) is 36.0 Å². The molecular weight excluding hydrogens is 362 g/mol. The van der Waals surface area contributed by atoms with Crippen LogP contribution in [0.15, 0.2) is 35.4 Å². The minimum atomic E-state index is -3.67. The molecule has 0 saturated carbocycles.